The lowest BCUT2D eigenvalue weighted by Crippen LogP contribution is -2.51. The lowest BCUT2D eigenvalue weighted by atomic mass is 10.0. The molecular formula is C59H105N2O7P. The Morgan fingerprint density at radius 1 is 0.551 bits per heavy atom. The van der Waals surface area contributed by atoms with Gasteiger partial charge in [0.15, 0.2) is 0 Å². The van der Waals surface area contributed by atoms with Crippen LogP contribution in [0.4, 0.5) is 0 Å². The highest BCUT2D eigenvalue weighted by atomic mass is 31.2. The molecule has 4 atom stereocenters. The highest BCUT2D eigenvalue weighted by molar-refractivity contribution is 7.45. The van der Waals surface area contributed by atoms with Crippen LogP contribution in [-0.2, 0) is 18.4 Å². The van der Waals surface area contributed by atoms with Gasteiger partial charge in [0.25, 0.3) is 7.82 Å². The highest BCUT2D eigenvalue weighted by Gasteiger charge is 2.29. The zero-order chi connectivity index (χ0) is 50.8. The number of aliphatic hydroxyl groups excluding tert-OH is 2. The Labute approximate surface area is 424 Å². The molecule has 9 nitrogen and oxygen atoms in total. The first-order chi connectivity index (χ1) is 33.4. The fraction of sp³-hybridized carbons (Fsp3) is 0.712. The molecule has 0 fully saturated rings. The van der Waals surface area contributed by atoms with Crippen LogP contribution >= 0.6 is 7.82 Å². The number of aliphatic hydroxyl groups is 2. The molecule has 0 heterocycles. The Kier molecular flexibility index (Phi) is 47.1. The molecule has 0 aromatic heterocycles. The summed E-state index contributed by atoms with van der Waals surface area (Å²) >= 11 is 0. The fourth-order valence-electron chi connectivity index (χ4n) is 7.61. The van der Waals surface area contributed by atoms with Gasteiger partial charge in [-0.1, -0.05) is 200 Å². The second-order valence-electron chi connectivity index (χ2n) is 19.7. The summed E-state index contributed by atoms with van der Waals surface area (Å²) in [4.78, 5) is 25.5. The van der Waals surface area contributed by atoms with Gasteiger partial charge >= 0.3 is 0 Å². The number of rotatable bonds is 49. The van der Waals surface area contributed by atoms with Gasteiger partial charge in [-0.3, -0.25) is 9.36 Å². The van der Waals surface area contributed by atoms with Gasteiger partial charge < -0.3 is 34.0 Å². The van der Waals surface area contributed by atoms with E-state index in [0.29, 0.717) is 30.3 Å². The number of phosphoric ester groups is 1. The van der Waals surface area contributed by atoms with E-state index in [9.17, 15) is 24.5 Å². The van der Waals surface area contributed by atoms with E-state index in [1.807, 2.05) is 28.1 Å². The van der Waals surface area contributed by atoms with Crippen LogP contribution < -0.4 is 10.2 Å². The van der Waals surface area contributed by atoms with Crippen LogP contribution in [0.3, 0.4) is 0 Å². The van der Waals surface area contributed by atoms with Crippen molar-refractivity contribution in [3.05, 3.63) is 97.2 Å². The summed E-state index contributed by atoms with van der Waals surface area (Å²) in [5.74, 6) is -0.298. The van der Waals surface area contributed by atoms with Crippen LogP contribution in [0.1, 0.15) is 213 Å². The van der Waals surface area contributed by atoms with Gasteiger partial charge in [-0.2, -0.15) is 0 Å². The van der Waals surface area contributed by atoms with Crippen molar-refractivity contribution in [1.82, 2.24) is 5.32 Å². The average molecular weight is 985 g/mol. The molecule has 0 spiro atoms. The lowest BCUT2D eigenvalue weighted by molar-refractivity contribution is -0.870. The molecule has 0 aliphatic heterocycles. The molecule has 0 aliphatic rings. The van der Waals surface area contributed by atoms with E-state index < -0.39 is 32.7 Å². The molecule has 3 N–H and O–H groups in total. The Balaban J connectivity index is 4.14. The van der Waals surface area contributed by atoms with E-state index in [2.05, 4.69) is 109 Å². The van der Waals surface area contributed by atoms with E-state index in [0.717, 1.165) is 83.5 Å². The van der Waals surface area contributed by atoms with Crippen molar-refractivity contribution >= 4 is 13.7 Å². The minimum Gasteiger partial charge on any atom is -0.756 e. The predicted molar refractivity (Wildman–Crippen MR) is 294 cm³/mol. The number of carbonyl (C=O) groups is 1. The topological polar surface area (TPSA) is 128 Å². The molecule has 398 valence electrons. The molecule has 0 rings (SSSR count). The maximum Gasteiger partial charge on any atom is 0.268 e. The lowest BCUT2D eigenvalue weighted by Gasteiger charge is -2.31. The van der Waals surface area contributed by atoms with Crippen molar-refractivity contribution < 1.29 is 38.0 Å². The molecule has 1 amide bonds. The van der Waals surface area contributed by atoms with Crippen LogP contribution in [0, 0.1) is 0 Å². The minimum atomic E-state index is -4.69. The molecule has 10 heteroatoms. The number of allylic oxidation sites excluding steroid dienone is 16. The van der Waals surface area contributed by atoms with Crippen LogP contribution in [0.2, 0.25) is 0 Å². The third kappa shape index (κ3) is 50.1. The van der Waals surface area contributed by atoms with Crippen molar-refractivity contribution in [2.75, 3.05) is 40.9 Å². The van der Waals surface area contributed by atoms with Crippen LogP contribution in [0.5, 0.6) is 0 Å². The highest BCUT2D eigenvalue weighted by Crippen LogP contribution is 2.38. The minimum absolute atomic E-state index is 0.0534. The number of hydrogen-bond donors (Lipinski definition) is 3. The number of quaternary nitrogens is 1. The molecule has 0 radical (unpaired) electrons. The van der Waals surface area contributed by atoms with Crippen molar-refractivity contribution in [3.8, 4) is 0 Å². The van der Waals surface area contributed by atoms with E-state index in [4.69, 9.17) is 9.05 Å². The Morgan fingerprint density at radius 3 is 1.41 bits per heavy atom. The van der Waals surface area contributed by atoms with Gasteiger partial charge in [0.1, 0.15) is 19.3 Å². The maximum atomic E-state index is 13.0. The van der Waals surface area contributed by atoms with E-state index in [-0.39, 0.29) is 18.9 Å². The van der Waals surface area contributed by atoms with Crippen molar-refractivity contribution in [2.24, 2.45) is 0 Å². The van der Waals surface area contributed by atoms with Crippen molar-refractivity contribution in [3.63, 3.8) is 0 Å². The number of hydrogen-bond acceptors (Lipinski definition) is 7. The van der Waals surface area contributed by atoms with E-state index >= 15 is 0 Å². The number of nitrogens with zero attached hydrogens (tertiary/aromatic N) is 1. The predicted octanol–water partition coefficient (Wildman–Crippen LogP) is 15.0. The Morgan fingerprint density at radius 2 is 0.942 bits per heavy atom. The normalized spacial score (nSPS) is 15.2. The second kappa shape index (κ2) is 49.0. The molecular weight excluding hydrogens is 880 g/mol. The molecule has 0 aromatic rings. The first-order valence-corrected chi connectivity index (χ1v) is 29.1. The molecule has 0 saturated heterocycles. The SMILES string of the molecule is C/C=C/CC/C=C/CC/C=C/CCCC(O)C(O)C(COP(=O)([O-])OCC[N+](C)(C)C)NC(=O)CCCCCCCCCCCCCCCCCCC/C=C\C/C=C\C/C=C\C/C=C\C/C=C\CC. The third-order valence-electron chi connectivity index (χ3n) is 11.9. The Bertz CT molecular complexity index is 1460. The smallest absolute Gasteiger partial charge is 0.268 e. The number of phosphoric acid groups is 1. The number of nitrogens with one attached hydrogen (secondary N) is 1. The third-order valence-corrected chi connectivity index (χ3v) is 12.9. The number of carbonyl (C=O) groups excluding carboxylic acids is 1. The molecule has 4 unspecified atom stereocenters. The fourth-order valence-corrected chi connectivity index (χ4v) is 8.34. The Hall–Kier alpha value is -2.62. The van der Waals surface area contributed by atoms with Gasteiger partial charge in [-0.25, -0.2) is 0 Å². The summed E-state index contributed by atoms with van der Waals surface area (Å²) in [5, 5.41) is 24.7. The summed E-state index contributed by atoms with van der Waals surface area (Å²) in [6.07, 6.45) is 66.4. The summed E-state index contributed by atoms with van der Waals surface area (Å²) in [7, 11) is 1.08. The standard InChI is InChI=1S/C59H105N2O7P/c1-6-8-10-12-14-16-18-20-21-22-23-24-25-26-27-28-29-30-31-32-33-34-35-36-37-38-39-40-42-44-46-48-50-52-58(63)60-56(55-68-69(65,66)67-54-53-61(3,4)5)59(64)57(62)51-49-47-45-43-41-19-17-15-13-11-9-7-2/h7-10,14-17,20-21,23-24,26-27,43,45,56-57,59,62,64H,6,11-13,18-19,22,25,28-42,44,46-55H2,1-5H3,(H-,60,63,65,66)/b9-7+,10-8-,16-14-,17-15+,21-20-,24-23-,27-26-,45-43+. The van der Waals surface area contributed by atoms with Gasteiger partial charge in [0.2, 0.25) is 5.91 Å². The van der Waals surface area contributed by atoms with Gasteiger partial charge in [-0.15, -0.1) is 0 Å². The van der Waals surface area contributed by atoms with E-state index in [1.54, 1.807) is 0 Å². The maximum absolute atomic E-state index is 13.0. The summed E-state index contributed by atoms with van der Waals surface area (Å²) in [6, 6.07) is -1.10. The van der Waals surface area contributed by atoms with Gasteiger partial charge in [-0.05, 0) is 103 Å². The zero-order valence-electron chi connectivity index (χ0n) is 44.8. The van der Waals surface area contributed by atoms with Crippen molar-refractivity contribution in [2.45, 2.75) is 231 Å². The molecule has 69 heavy (non-hydrogen) atoms. The van der Waals surface area contributed by atoms with Crippen LogP contribution in [0.15, 0.2) is 97.2 Å². The quantitative estimate of drug-likeness (QED) is 0.0240. The monoisotopic (exact) mass is 985 g/mol. The second-order valence-corrected chi connectivity index (χ2v) is 21.1. The summed E-state index contributed by atoms with van der Waals surface area (Å²) in [5.41, 5.74) is 0. The van der Waals surface area contributed by atoms with E-state index in [1.165, 1.54) is 89.9 Å². The van der Waals surface area contributed by atoms with Crippen LogP contribution in [-0.4, -0.2) is 79.8 Å². The summed E-state index contributed by atoms with van der Waals surface area (Å²) < 4.78 is 23.2. The number of unbranched alkanes of at least 4 members (excludes halogenated alkanes) is 20. The zero-order valence-corrected chi connectivity index (χ0v) is 45.7. The molecule has 0 saturated carbocycles. The molecule has 0 aromatic carbocycles. The van der Waals surface area contributed by atoms with Gasteiger partial charge in [0.05, 0.1) is 39.9 Å². The first kappa shape index (κ1) is 66.4. The van der Waals surface area contributed by atoms with Crippen LogP contribution in [0.25, 0.3) is 0 Å². The average Bonchev–Trinajstić information content (AvgIpc) is 3.31. The number of amides is 1. The largest absolute Gasteiger partial charge is 0.756 e. The van der Waals surface area contributed by atoms with Gasteiger partial charge in [0, 0.05) is 6.42 Å². The summed E-state index contributed by atoms with van der Waals surface area (Å²) in [6.45, 7) is 4.07. The molecule has 0 bridgehead atoms. The number of likely N-dealkylation sites (N-methyl/N-ethyl adjacent to an activating group) is 1. The molecule has 0 aliphatic carbocycles. The van der Waals surface area contributed by atoms with Crippen molar-refractivity contribution in [1.29, 1.82) is 0 Å². The first-order valence-electron chi connectivity index (χ1n) is 27.6.